The van der Waals surface area contributed by atoms with E-state index in [0.717, 1.165) is 6.42 Å². The molecule has 1 atom stereocenters. The van der Waals surface area contributed by atoms with Crippen LogP contribution in [0.2, 0.25) is 0 Å². The smallest absolute Gasteiger partial charge is 0.328 e. The Labute approximate surface area is 88.2 Å². The van der Waals surface area contributed by atoms with E-state index in [1.807, 2.05) is 6.92 Å². The van der Waals surface area contributed by atoms with Gasteiger partial charge < -0.3 is 20.3 Å². The Hall–Kier alpha value is -1.14. The maximum Gasteiger partial charge on any atom is 0.328 e. The maximum atomic E-state index is 11.1. The van der Waals surface area contributed by atoms with Crippen molar-refractivity contribution in [2.45, 2.75) is 25.8 Å². The minimum atomic E-state index is -1.25. The Morgan fingerprint density at radius 3 is 2.53 bits per heavy atom. The number of carboxylic acid groups (broad SMARTS) is 1. The summed E-state index contributed by atoms with van der Waals surface area (Å²) in [5.41, 5.74) is 0. The van der Waals surface area contributed by atoms with Crippen LogP contribution in [0.1, 0.15) is 19.8 Å². The Morgan fingerprint density at radius 1 is 1.40 bits per heavy atom. The molecule has 3 N–H and O–H groups in total. The fraction of sp³-hybridized carbons (Fsp3) is 0.778. The van der Waals surface area contributed by atoms with Crippen molar-refractivity contribution in [1.29, 1.82) is 0 Å². The number of ether oxygens (including phenoxy) is 1. The minimum absolute atomic E-state index is 0.101. The molecule has 15 heavy (non-hydrogen) atoms. The first-order valence-electron chi connectivity index (χ1n) is 4.82. The summed E-state index contributed by atoms with van der Waals surface area (Å²) in [5, 5.41) is 19.3. The molecule has 0 heterocycles. The molecule has 0 aromatic carbocycles. The van der Waals surface area contributed by atoms with Gasteiger partial charge in [0.05, 0.1) is 13.2 Å². The molecule has 0 spiro atoms. The van der Waals surface area contributed by atoms with E-state index in [-0.39, 0.29) is 13.0 Å². The number of carbonyl (C=O) groups excluding carboxylic acids is 1. The number of carbonyl (C=O) groups is 2. The molecule has 0 saturated carbocycles. The molecular weight excluding hydrogens is 202 g/mol. The second kappa shape index (κ2) is 8.19. The summed E-state index contributed by atoms with van der Waals surface area (Å²) in [4.78, 5) is 21.6. The van der Waals surface area contributed by atoms with Crippen LogP contribution in [0.3, 0.4) is 0 Å². The number of rotatable bonds is 8. The number of aliphatic hydroxyl groups is 1. The third kappa shape index (κ3) is 6.87. The lowest BCUT2D eigenvalue weighted by Crippen LogP contribution is -2.43. The number of aliphatic carboxylic acids is 1. The fourth-order valence-corrected chi connectivity index (χ4v) is 0.863. The summed E-state index contributed by atoms with van der Waals surface area (Å²) >= 11 is 0. The third-order valence-corrected chi connectivity index (χ3v) is 1.64. The molecule has 6 heteroatoms. The van der Waals surface area contributed by atoms with Crippen molar-refractivity contribution in [3.05, 3.63) is 0 Å². The van der Waals surface area contributed by atoms with Gasteiger partial charge in [0.25, 0.3) is 0 Å². The van der Waals surface area contributed by atoms with E-state index in [2.05, 4.69) is 5.32 Å². The average Bonchev–Trinajstić information content (AvgIpc) is 2.20. The van der Waals surface area contributed by atoms with Crippen LogP contribution in [0.15, 0.2) is 0 Å². The Bertz CT molecular complexity index is 207. The van der Waals surface area contributed by atoms with Gasteiger partial charge in [0.1, 0.15) is 6.04 Å². The zero-order valence-electron chi connectivity index (χ0n) is 8.73. The second-order valence-corrected chi connectivity index (χ2v) is 3.00. The molecule has 0 aliphatic heterocycles. The molecule has 0 bridgehead atoms. The van der Waals surface area contributed by atoms with Gasteiger partial charge in [-0.3, -0.25) is 4.79 Å². The highest BCUT2D eigenvalue weighted by molar-refractivity contribution is 5.83. The van der Waals surface area contributed by atoms with Crippen molar-refractivity contribution in [3.63, 3.8) is 0 Å². The van der Waals surface area contributed by atoms with Crippen molar-refractivity contribution in [3.8, 4) is 0 Å². The number of aliphatic hydroxyl groups excluding tert-OH is 1. The molecule has 88 valence electrons. The first kappa shape index (κ1) is 13.9. The van der Waals surface area contributed by atoms with Crippen LogP contribution in [-0.4, -0.2) is 48.0 Å². The van der Waals surface area contributed by atoms with E-state index in [0.29, 0.717) is 6.61 Å². The molecule has 0 unspecified atom stereocenters. The zero-order valence-corrected chi connectivity index (χ0v) is 8.73. The standard InChI is InChI=1S/C9H17NO5/c1-2-4-15-5-3-8(12)10-7(6-11)9(13)14/h7,11H,2-6H2,1H3,(H,10,12)(H,13,14)/t7-/m1/s1. The van der Waals surface area contributed by atoms with Crippen molar-refractivity contribution < 1.29 is 24.5 Å². The summed E-state index contributed by atoms with van der Waals surface area (Å²) < 4.78 is 5.06. The zero-order chi connectivity index (χ0) is 11.7. The number of hydrogen-bond donors (Lipinski definition) is 3. The molecule has 6 nitrogen and oxygen atoms in total. The van der Waals surface area contributed by atoms with Gasteiger partial charge >= 0.3 is 5.97 Å². The molecule has 0 rings (SSSR count). The molecule has 1 amide bonds. The number of nitrogens with one attached hydrogen (secondary N) is 1. The van der Waals surface area contributed by atoms with E-state index < -0.39 is 24.5 Å². The van der Waals surface area contributed by atoms with Gasteiger partial charge in [-0.25, -0.2) is 4.79 Å². The Kier molecular flexibility index (Phi) is 7.57. The first-order valence-corrected chi connectivity index (χ1v) is 4.82. The summed E-state index contributed by atoms with van der Waals surface area (Å²) in [6.45, 7) is 2.18. The van der Waals surface area contributed by atoms with Gasteiger partial charge in [0.15, 0.2) is 0 Å². The van der Waals surface area contributed by atoms with Crippen LogP contribution in [0.4, 0.5) is 0 Å². The predicted octanol–water partition coefficient (Wildman–Crippen LogP) is -0.635. The van der Waals surface area contributed by atoms with Gasteiger partial charge in [-0.1, -0.05) is 6.92 Å². The Balaban J connectivity index is 3.67. The van der Waals surface area contributed by atoms with E-state index in [4.69, 9.17) is 14.9 Å². The lowest BCUT2D eigenvalue weighted by molar-refractivity contribution is -0.143. The van der Waals surface area contributed by atoms with Crippen LogP contribution in [0, 0.1) is 0 Å². The lowest BCUT2D eigenvalue weighted by atomic mass is 10.3. The molecule has 0 aromatic heterocycles. The van der Waals surface area contributed by atoms with Crippen LogP contribution >= 0.6 is 0 Å². The SMILES string of the molecule is CCCOCCC(=O)N[C@H](CO)C(=O)O. The lowest BCUT2D eigenvalue weighted by Gasteiger charge is -2.11. The van der Waals surface area contributed by atoms with Crippen LogP contribution in [0.25, 0.3) is 0 Å². The normalized spacial score (nSPS) is 12.1. The summed E-state index contributed by atoms with van der Waals surface area (Å²) in [6.07, 6.45) is 0.972. The summed E-state index contributed by atoms with van der Waals surface area (Å²) in [6, 6.07) is -1.23. The average molecular weight is 219 g/mol. The maximum absolute atomic E-state index is 11.1. The van der Waals surface area contributed by atoms with Crippen LogP contribution < -0.4 is 5.32 Å². The molecular formula is C9H17NO5. The van der Waals surface area contributed by atoms with Crippen molar-refractivity contribution in [2.24, 2.45) is 0 Å². The van der Waals surface area contributed by atoms with Gasteiger partial charge in [0.2, 0.25) is 5.91 Å². The molecule has 0 fully saturated rings. The van der Waals surface area contributed by atoms with Crippen molar-refractivity contribution in [1.82, 2.24) is 5.32 Å². The Morgan fingerprint density at radius 2 is 2.07 bits per heavy atom. The highest BCUT2D eigenvalue weighted by Crippen LogP contribution is 1.88. The number of carboxylic acids is 1. The van der Waals surface area contributed by atoms with Crippen LogP contribution in [0.5, 0.6) is 0 Å². The second-order valence-electron chi connectivity index (χ2n) is 3.00. The topological polar surface area (TPSA) is 95.9 Å². The van der Waals surface area contributed by atoms with Gasteiger partial charge in [-0.05, 0) is 6.42 Å². The number of amides is 1. The quantitative estimate of drug-likeness (QED) is 0.472. The molecule has 0 aliphatic rings. The molecule has 0 aliphatic carbocycles. The predicted molar refractivity (Wildman–Crippen MR) is 52.4 cm³/mol. The van der Waals surface area contributed by atoms with E-state index in [1.54, 1.807) is 0 Å². The fourth-order valence-electron chi connectivity index (χ4n) is 0.863. The van der Waals surface area contributed by atoms with Crippen molar-refractivity contribution >= 4 is 11.9 Å². The summed E-state index contributed by atoms with van der Waals surface area (Å²) in [7, 11) is 0. The van der Waals surface area contributed by atoms with Gasteiger partial charge in [0, 0.05) is 13.0 Å². The van der Waals surface area contributed by atoms with E-state index in [9.17, 15) is 9.59 Å². The van der Waals surface area contributed by atoms with Crippen molar-refractivity contribution in [2.75, 3.05) is 19.8 Å². The molecule has 0 saturated heterocycles. The summed E-state index contributed by atoms with van der Waals surface area (Å²) in [5.74, 6) is -1.69. The third-order valence-electron chi connectivity index (χ3n) is 1.64. The monoisotopic (exact) mass is 219 g/mol. The molecule has 0 aromatic rings. The van der Waals surface area contributed by atoms with Gasteiger partial charge in [-0.15, -0.1) is 0 Å². The van der Waals surface area contributed by atoms with Gasteiger partial charge in [-0.2, -0.15) is 0 Å². The highest BCUT2D eigenvalue weighted by atomic mass is 16.5. The molecule has 0 radical (unpaired) electrons. The largest absolute Gasteiger partial charge is 0.480 e. The van der Waals surface area contributed by atoms with E-state index in [1.165, 1.54) is 0 Å². The number of hydrogen-bond acceptors (Lipinski definition) is 4. The minimum Gasteiger partial charge on any atom is -0.480 e. The van der Waals surface area contributed by atoms with Crippen LogP contribution in [-0.2, 0) is 14.3 Å². The highest BCUT2D eigenvalue weighted by Gasteiger charge is 2.17. The van der Waals surface area contributed by atoms with E-state index >= 15 is 0 Å². The first-order chi connectivity index (χ1) is 7.11.